The number of hydrogen-bond donors (Lipinski definition) is 0. The summed E-state index contributed by atoms with van der Waals surface area (Å²) < 4.78 is 80.8. The predicted octanol–water partition coefficient (Wildman–Crippen LogP) is 8.65. The van der Waals surface area contributed by atoms with E-state index >= 15 is 8.78 Å². The van der Waals surface area contributed by atoms with Crippen LogP contribution >= 0.6 is 0 Å². The van der Waals surface area contributed by atoms with Crippen LogP contribution in [0.5, 0.6) is 5.75 Å². The van der Waals surface area contributed by atoms with Gasteiger partial charge in [-0.25, -0.2) is 18.2 Å². The van der Waals surface area contributed by atoms with E-state index in [0.29, 0.717) is 18.5 Å². The molecule has 0 saturated carbocycles. The molecule has 1 aromatic carbocycles. The third-order valence-corrected chi connectivity index (χ3v) is 6.90. The Bertz CT molecular complexity index is 994. The fourth-order valence-corrected chi connectivity index (χ4v) is 4.93. The summed E-state index contributed by atoms with van der Waals surface area (Å²) in [6.45, 7) is 6.41. The highest BCUT2D eigenvalue weighted by Gasteiger charge is 2.50. The van der Waals surface area contributed by atoms with Crippen molar-refractivity contribution in [1.29, 1.82) is 0 Å². The number of aromatic nitrogens is 1. The summed E-state index contributed by atoms with van der Waals surface area (Å²) in [7, 11) is 0. The van der Waals surface area contributed by atoms with Crippen LogP contribution in [0.15, 0.2) is 18.2 Å². The minimum absolute atomic E-state index is 0.123. The van der Waals surface area contributed by atoms with Crippen LogP contribution in [0.4, 0.5) is 22.0 Å². The average molecular weight is 498 g/mol. The van der Waals surface area contributed by atoms with Crippen molar-refractivity contribution in [3.63, 3.8) is 0 Å². The van der Waals surface area contributed by atoms with Gasteiger partial charge < -0.3 is 4.74 Å². The number of pyridine rings is 1. The second-order valence-corrected chi connectivity index (χ2v) is 9.79. The standard InChI is InChI=1S/C28H36F5NO/c1-4-6-8-9-15-35-23-14-12-21(25(29)26(23)30)22-13-11-19-17-20(16-18(3)10-7-5-2)34-27(31)24(19)28(22,32)33/h12,14,17-18,22H,4-11,13,15-16H2,1-3H3. The molecule has 0 radical (unpaired) electrons. The molecule has 1 aliphatic carbocycles. The summed E-state index contributed by atoms with van der Waals surface area (Å²) in [6.07, 6.45) is 7.23. The number of benzene rings is 1. The Labute approximate surface area is 205 Å². The highest BCUT2D eigenvalue weighted by Crippen LogP contribution is 2.51. The van der Waals surface area contributed by atoms with Crippen molar-refractivity contribution in [2.24, 2.45) is 5.92 Å². The Kier molecular flexibility index (Phi) is 9.54. The summed E-state index contributed by atoms with van der Waals surface area (Å²) in [5.74, 6) is -9.30. The number of aryl methyl sites for hydroxylation is 1. The van der Waals surface area contributed by atoms with Crippen molar-refractivity contribution >= 4 is 0 Å². The fraction of sp³-hybridized carbons (Fsp3) is 0.607. The number of hydrogen-bond acceptors (Lipinski definition) is 2. The van der Waals surface area contributed by atoms with Crippen LogP contribution in [0.1, 0.15) is 100 Å². The number of nitrogens with zero attached hydrogens (tertiary/aromatic N) is 1. The second kappa shape index (κ2) is 12.2. The topological polar surface area (TPSA) is 22.1 Å². The van der Waals surface area contributed by atoms with E-state index in [1.807, 2.05) is 6.92 Å². The predicted molar refractivity (Wildman–Crippen MR) is 128 cm³/mol. The van der Waals surface area contributed by atoms with E-state index in [1.165, 1.54) is 6.07 Å². The van der Waals surface area contributed by atoms with E-state index in [2.05, 4.69) is 18.8 Å². The lowest BCUT2D eigenvalue weighted by Gasteiger charge is -2.34. The maximum Gasteiger partial charge on any atom is 0.284 e. The van der Waals surface area contributed by atoms with Crippen molar-refractivity contribution in [2.45, 2.75) is 96.8 Å². The molecule has 0 fully saturated rings. The van der Waals surface area contributed by atoms with Crippen molar-refractivity contribution in [3.8, 4) is 5.75 Å². The van der Waals surface area contributed by atoms with Gasteiger partial charge in [-0.1, -0.05) is 65.4 Å². The zero-order valence-corrected chi connectivity index (χ0v) is 20.9. The highest BCUT2D eigenvalue weighted by atomic mass is 19.3. The third-order valence-electron chi connectivity index (χ3n) is 6.90. The van der Waals surface area contributed by atoms with Crippen molar-refractivity contribution in [2.75, 3.05) is 6.61 Å². The first kappa shape index (κ1) is 27.4. The Hall–Kier alpha value is -2.18. The van der Waals surface area contributed by atoms with E-state index in [4.69, 9.17) is 4.74 Å². The van der Waals surface area contributed by atoms with E-state index in [1.54, 1.807) is 6.07 Å². The first-order valence-corrected chi connectivity index (χ1v) is 12.9. The van der Waals surface area contributed by atoms with Crippen molar-refractivity contribution in [1.82, 2.24) is 4.98 Å². The monoisotopic (exact) mass is 497 g/mol. The molecule has 194 valence electrons. The minimum atomic E-state index is -3.72. The van der Waals surface area contributed by atoms with E-state index in [0.717, 1.165) is 44.6 Å². The van der Waals surface area contributed by atoms with Gasteiger partial charge in [0.1, 0.15) is 0 Å². The number of halogens is 5. The Morgan fingerprint density at radius 2 is 1.77 bits per heavy atom. The Balaban J connectivity index is 1.81. The molecule has 2 nitrogen and oxygen atoms in total. The fourth-order valence-electron chi connectivity index (χ4n) is 4.93. The Morgan fingerprint density at radius 1 is 1.03 bits per heavy atom. The molecule has 1 aliphatic rings. The molecule has 0 spiro atoms. The van der Waals surface area contributed by atoms with Gasteiger partial charge in [-0.3, -0.25) is 0 Å². The molecule has 7 heteroatoms. The van der Waals surface area contributed by atoms with Gasteiger partial charge in [0.25, 0.3) is 5.92 Å². The molecule has 2 atom stereocenters. The summed E-state index contributed by atoms with van der Waals surface area (Å²) in [5.41, 5.74) is -0.607. The maximum absolute atomic E-state index is 15.5. The minimum Gasteiger partial charge on any atom is -0.490 e. The summed E-state index contributed by atoms with van der Waals surface area (Å²) >= 11 is 0. The van der Waals surface area contributed by atoms with Crippen LogP contribution in [-0.2, 0) is 18.8 Å². The first-order valence-electron chi connectivity index (χ1n) is 12.9. The molecule has 0 amide bonds. The number of fused-ring (bicyclic) bond motifs is 1. The average Bonchev–Trinajstić information content (AvgIpc) is 2.80. The number of unbranched alkanes of at least 4 members (excludes halogenated alkanes) is 4. The summed E-state index contributed by atoms with van der Waals surface area (Å²) in [6, 6.07) is 3.88. The lowest BCUT2D eigenvalue weighted by molar-refractivity contribution is -0.0486. The van der Waals surface area contributed by atoms with Crippen LogP contribution in [0.25, 0.3) is 0 Å². The zero-order valence-electron chi connectivity index (χ0n) is 20.9. The first-order chi connectivity index (χ1) is 16.7. The lowest BCUT2D eigenvalue weighted by atomic mass is 9.77. The molecule has 2 aromatic rings. The third kappa shape index (κ3) is 6.34. The van der Waals surface area contributed by atoms with Crippen molar-refractivity contribution in [3.05, 3.63) is 58.2 Å². The SMILES string of the molecule is CCCCCCOc1ccc(C2CCc3cc(CC(C)CCCC)nc(F)c3C2(F)F)c(F)c1F. The molecular formula is C28H36F5NO. The van der Waals surface area contributed by atoms with Gasteiger partial charge in [0.15, 0.2) is 11.6 Å². The lowest BCUT2D eigenvalue weighted by Crippen LogP contribution is -2.33. The van der Waals surface area contributed by atoms with E-state index in [-0.39, 0.29) is 36.7 Å². The molecule has 0 bridgehead atoms. The van der Waals surface area contributed by atoms with Gasteiger partial charge in [-0.05, 0) is 49.3 Å². The largest absolute Gasteiger partial charge is 0.490 e. The van der Waals surface area contributed by atoms with Gasteiger partial charge in [0, 0.05) is 11.3 Å². The molecule has 1 aromatic heterocycles. The number of alkyl halides is 2. The summed E-state index contributed by atoms with van der Waals surface area (Å²) in [4.78, 5) is 3.83. The van der Waals surface area contributed by atoms with Gasteiger partial charge >= 0.3 is 0 Å². The van der Waals surface area contributed by atoms with Gasteiger partial charge in [-0.2, -0.15) is 8.78 Å². The molecule has 0 N–H and O–H groups in total. The Morgan fingerprint density at radius 3 is 2.49 bits per heavy atom. The molecule has 1 heterocycles. The number of ether oxygens (including phenoxy) is 1. The van der Waals surface area contributed by atoms with Crippen molar-refractivity contribution < 1.29 is 26.7 Å². The molecule has 35 heavy (non-hydrogen) atoms. The molecule has 2 unspecified atom stereocenters. The van der Waals surface area contributed by atoms with E-state index in [9.17, 15) is 13.2 Å². The molecule has 3 rings (SSSR count). The van der Waals surface area contributed by atoms with Crippen LogP contribution in [0.2, 0.25) is 0 Å². The quantitative estimate of drug-likeness (QED) is 0.166. The molecular weight excluding hydrogens is 461 g/mol. The zero-order chi connectivity index (χ0) is 25.6. The summed E-state index contributed by atoms with van der Waals surface area (Å²) in [5, 5.41) is 0. The smallest absolute Gasteiger partial charge is 0.284 e. The van der Waals surface area contributed by atoms with E-state index < -0.39 is 40.5 Å². The number of rotatable bonds is 12. The molecule has 0 aliphatic heterocycles. The van der Waals surface area contributed by atoms with Crippen LogP contribution < -0.4 is 4.74 Å². The second-order valence-electron chi connectivity index (χ2n) is 9.79. The normalized spacial score (nSPS) is 17.8. The maximum atomic E-state index is 15.5. The van der Waals surface area contributed by atoms with Crippen LogP contribution in [0, 0.1) is 23.5 Å². The van der Waals surface area contributed by atoms with Crippen LogP contribution in [0.3, 0.4) is 0 Å². The van der Waals surface area contributed by atoms with Gasteiger partial charge in [-0.15, -0.1) is 0 Å². The van der Waals surface area contributed by atoms with Gasteiger partial charge in [0.2, 0.25) is 11.8 Å². The van der Waals surface area contributed by atoms with Gasteiger partial charge in [0.05, 0.1) is 18.1 Å². The molecule has 0 saturated heterocycles. The van der Waals surface area contributed by atoms with Crippen LogP contribution in [-0.4, -0.2) is 11.6 Å². The highest BCUT2D eigenvalue weighted by molar-refractivity contribution is 5.41.